The first kappa shape index (κ1) is 35.8. The van der Waals surface area contributed by atoms with Gasteiger partial charge in [-0.3, -0.25) is 9.32 Å². The first-order chi connectivity index (χ1) is 20.4. The Balaban J connectivity index is 1.63. The van der Waals surface area contributed by atoms with Crippen LogP contribution in [0.15, 0.2) is 66.7 Å². The van der Waals surface area contributed by atoms with Crippen LogP contribution in [0.25, 0.3) is 0 Å². The summed E-state index contributed by atoms with van der Waals surface area (Å²) in [6.07, 6.45) is 21.0. The lowest BCUT2D eigenvalue weighted by Gasteiger charge is -2.19. The second kappa shape index (κ2) is 22.1. The molecule has 42 heavy (non-hydrogen) atoms. The first-order valence-corrected chi connectivity index (χ1v) is 17.3. The summed E-state index contributed by atoms with van der Waals surface area (Å²) < 4.78 is 21.8. The van der Waals surface area contributed by atoms with E-state index in [4.69, 9.17) is 19.0 Å². The van der Waals surface area contributed by atoms with E-state index in [9.17, 15) is 9.36 Å². The molecule has 0 aliphatic heterocycles. The van der Waals surface area contributed by atoms with E-state index in [0.29, 0.717) is 19.4 Å². The van der Waals surface area contributed by atoms with E-state index in [0.717, 1.165) is 49.0 Å². The summed E-state index contributed by atoms with van der Waals surface area (Å²) in [4.78, 5) is 30.9. The van der Waals surface area contributed by atoms with Crippen LogP contribution in [-0.4, -0.2) is 28.3 Å². The molecule has 0 radical (unpaired) electrons. The molecule has 0 spiro atoms. The predicted octanol–water partition coefficient (Wildman–Crippen LogP) is 8.44. The van der Waals surface area contributed by atoms with Crippen molar-refractivity contribution >= 4 is 13.7 Å². The van der Waals surface area contributed by atoms with E-state index in [-0.39, 0.29) is 12.5 Å². The second-order valence-corrected chi connectivity index (χ2v) is 12.2. The number of amides is 1. The average Bonchev–Trinajstić information content (AvgIpc) is 2.97. The fraction of sp³-hybridized carbons (Fsp3) is 0.559. The van der Waals surface area contributed by atoms with Crippen LogP contribution in [0.5, 0.6) is 5.75 Å². The molecular formula is C34H52NO6P. The molecule has 8 heteroatoms. The van der Waals surface area contributed by atoms with Gasteiger partial charge in [-0.1, -0.05) is 113 Å². The Bertz CT molecular complexity index is 1040. The number of rotatable bonds is 24. The Hall–Kier alpha value is -2.44. The van der Waals surface area contributed by atoms with Crippen LogP contribution in [0.1, 0.15) is 108 Å². The molecule has 2 aromatic carbocycles. The first-order valence-electron chi connectivity index (χ1n) is 15.8. The van der Waals surface area contributed by atoms with Gasteiger partial charge in [-0.05, 0) is 61.8 Å². The van der Waals surface area contributed by atoms with Crippen LogP contribution in [0.3, 0.4) is 0 Å². The molecule has 0 saturated heterocycles. The van der Waals surface area contributed by atoms with E-state index < -0.39 is 13.9 Å². The number of hydrogen-bond acceptors (Lipinski definition) is 4. The van der Waals surface area contributed by atoms with Crippen molar-refractivity contribution in [3.63, 3.8) is 0 Å². The highest BCUT2D eigenvalue weighted by Gasteiger charge is 2.20. The van der Waals surface area contributed by atoms with Gasteiger partial charge in [0.15, 0.2) is 0 Å². The zero-order valence-corrected chi connectivity index (χ0v) is 26.3. The molecule has 3 N–H and O–H groups in total. The minimum Gasteiger partial charge on any atom is -0.489 e. The van der Waals surface area contributed by atoms with Gasteiger partial charge in [-0.2, -0.15) is 0 Å². The SMILES string of the molecule is CCCCCCCCC=CCCCCCCCC(=O)N[C@H](COP(=O)(O)O)Cc1ccc(OCc2ccccc2)cc1. The van der Waals surface area contributed by atoms with E-state index >= 15 is 0 Å². The monoisotopic (exact) mass is 601 g/mol. The van der Waals surface area contributed by atoms with E-state index in [1.807, 2.05) is 54.6 Å². The zero-order valence-electron chi connectivity index (χ0n) is 25.4. The highest BCUT2D eigenvalue weighted by molar-refractivity contribution is 7.46. The quantitative estimate of drug-likeness (QED) is 0.0634. The van der Waals surface area contributed by atoms with Gasteiger partial charge in [0.05, 0.1) is 12.6 Å². The maximum absolute atomic E-state index is 12.6. The van der Waals surface area contributed by atoms with Crippen molar-refractivity contribution in [1.82, 2.24) is 5.32 Å². The van der Waals surface area contributed by atoms with Crippen LogP contribution < -0.4 is 10.1 Å². The van der Waals surface area contributed by atoms with Gasteiger partial charge < -0.3 is 19.8 Å². The standard InChI is InChI=1S/C34H52NO6P/c1-2-3-4-5-6-7-8-9-10-11-12-13-14-15-19-22-34(36)35-32(29-41-42(37,38)39)27-30-23-25-33(26-24-30)40-28-31-20-17-16-18-21-31/h9-10,16-18,20-21,23-26,32H,2-8,11-15,19,22,27-29H2,1H3,(H,35,36)(H2,37,38,39)/t32-/m0/s1. The Morgan fingerprint density at radius 1 is 0.810 bits per heavy atom. The molecule has 0 saturated carbocycles. The van der Waals surface area contributed by atoms with Gasteiger partial charge in [0.1, 0.15) is 12.4 Å². The summed E-state index contributed by atoms with van der Waals surface area (Å²) in [6.45, 7) is 2.44. The molecule has 0 heterocycles. The molecule has 234 valence electrons. The fourth-order valence-corrected chi connectivity index (χ4v) is 5.12. The summed E-state index contributed by atoms with van der Waals surface area (Å²) in [6, 6.07) is 16.8. The molecule has 0 aromatic heterocycles. The maximum Gasteiger partial charge on any atom is 0.469 e. The van der Waals surface area contributed by atoms with Crippen molar-refractivity contribution in [1.29, 1.82) is 0 Å². The Morgan fingerprint density at radius 2 is 1.40 bits per heavy atom. The Kier molecular flexibility index (Phi) is 18.9. The fourth-order valence-electron chi connectivity index (χ4n) is 4.74. The zero-order chi connectivity index (χ0) is 30.3. The summed E-state index contributed by atoms with van der Waals surface area (Å²) in [5.74, 6) is 0.591. The van der Waals surface area contributed by atoms with Gasteiger partial charge in [-0.25, -0.2) is 4.57 Å². The van der Waals surface area contributed by atoms with E-state index in [1.54, 1.807) is 0 Å². The number of hydrogen-bond donors (Lipinski definition) is 3. The van der Waals surface area contributed by atoms with Crippen molar-refractivity contribution in [3.05, 3.63) is 77.9 Å². The van der Waals surface area contributed by atoms with Crippen LogP contribution >= 0.6 is 7.82 Å². The van der Waals surface area contributed by atoms with Crippen molar-refractivity contribution in [2.75, 3.05) is 6.61 Å². The highest BCUT2D eigenvalue weighted by atomic mass is 31.2. The number of nitrogens with one attached hydrogen (secondary N) is 1. The molecule has 0 aliphatic rings. The predicted molar refractivity (Wildman–Crippen MR) is 170 cm³/mol. The van der Waals surface area contributed by atoms with Crippen molar-refractivity contribution in [2.24, 2.45) is 0 Å². The third-order valence-electron chi connectivity index (χ3n) is 7.13. The molecule has 0 fully saturated rings. The molecule has 2 rings (SSSR count). The Morgan fingerprint density at radius 3 is 2.02 bits per heavy atom. The summed E-state index contributed by atoms with van der Waals surface area (Å²) in [7, 11) is -4.64. The maximum atomic E-state index is 12.6. The minimum absolute atomic E-state index is 0.130. The van der Waals surface area contributed by atoms with Gasteiger partial charge >= 0.3 is 7.82 Å². The van der Waals surface area contributed by atoms with Gasteiger partial charge in [0.2, 0.25) is 5.91 Å². The smallest absolute Gasteiger partial charge is 0.469 e. The normalized spacial score (nSPS) is 12.5. The van der Waals surface area contributed by atoms with Crippen molar-refractivity contribution in [3.8, 4) is 5.75 Å². The Labute approximate surface area is 253 Å². The number of benzene rings is 2. The summed E-state index contributed by atoms with van der Waals surface area (Å²) >= 11 is 0. The second-order valence-electron chi connectivity index (χ2n) is 11.0. The lowest BCUT2D eigenvalue weighted by atomic mass is 10.1. The number of carbonyl (C=O) groups is 1. The molecule has 1 amide bonds. The van der Waals surface area contributed by atoms with Crippen LogP contribution in [0.2, 0.25) is 0 Å². The minimum atomic E-state index is -4.64. The van der Waals surface area contributed by atoms with Crippen molar-refractivity contribution < 1.29 is 28.4 Å². The van der Waals surface area contributed by atoms with E-state index in [2.05, 4.69) is 24.4 Å². The van der Waals surface area contributed by atoms with Crippen LogP contribution in [0.4, 0.5) is 0 Å². The molecule has 1 atom stereocenters. The number of ether oxygens (including phenoxy) is 1. The van der Waals surface area contributed by atoms with Crippen LogP contribution in [0, 0.1) is 0 Å². The summed E-state index contributed by atoms with van der Waals surface area (Å²) in [5, 5.41) is 2.90. The molecule has 7 nitrogen and oxygen atoms in total. The van der Waals surface area contributed by atoms with Gasteiger partial charge in [-0.15, -0.1) is 0 Å². The number of phosphoric ester groups is 1. The molecule has 0 bridgehead atoms. The molecule has 0 unspecified atom stereocenters. The average molecular weight is 602 g/mol. The number of unbranched alkanes of at least 4 members (excludes halogenated alkanes) is 11. The number of allylic oxidation sites excluding steroid dienone is 2. The number of carbonyl (C=O) groups excluding carboxylic acids is 1. The van der Waals surface area contributed by atoms with Crippen LogP contribution in [-0.2, 0) is 26.9 Å². The van der Waals surface area contributed by atoms with Gasteiger partial charge in [0, 0.05) is 6.42 Å². The third-order valence-corrected chi connectivity index (χ3v) is 7.61. The van der Waals surface area contributed by atoms with Gasteiger partial charge in [0.25, 0.3) is 0 Å². The lowest BCUT2D eigenvalue weighted by Crippen LogP contribution is -2.39. The molecule has 2 aromatic rings. The van der Waals surface area contributed by atoms with Crippen molar-refractivity contribution in [2.45, 2.75) is 116 Å². The topological polar surface area (TPSA) is 105 Å². The molecule has 0 aliphatic carbocycles. The summed E-state index contributed by atoms with van der Waals surface area (Å²) in [5.41, 5.74) is 1.98. The number of phosphoric acid groups is 1. The molecular weight excluding hydrogens is 549 g/mol. The lowest BCUT2D eigenvalue weighted by molar-refractivity contribution is -0.122. The largest absolute Gasteiger partial charge is 0.489 e. The highest BCUT2D eigenvalue weighted by Crippen LogP contribution is 2.35. The third kappa shape index (κ3) is 18.9. The van der Waals surface area contributed by atoms with E-state index in [1.165, 1.54) is 51.4 Å².